The van der Waals surface area contributed by atoms with Crippen LogP contribution >= 0.6 is 0 Å². The van der Waals surface area contributed by atoms with Crippen LogP contribution in [0.2, 0.25) is 0 Å². The SMILES string of the molecule is C=C/C=C\C=C(/C)c1cc(-c2ccccc2)nc(-n2c3ccccc3c3cc4c(cc32)C(C)(C)c2ccccc2-4)n1. The van der Waals surface area contributed by atoms with Crippen molar-refractivity contribution in [1.29, 1.82) is 0 Å². The third kappa shape index (κ3) is 3.96. The number of aromatic nitrogens is 3. The molecule has 41 heavy (non-hydrogen) atoms. The second kappa shape index (κ2) is 9.57. The number of benzene rings is 4. The highest BCUT2D eigenvalue weighted by atomic mass is 15.2. The molecule has 0 N–H and O–H groups in total. The Bertz CT molecular complexity index is 2040. The lowest BCUT2D eigenvalue weighted by atomic mass is 9.82. The minimum atomic E-state index is -0.101. The molecule has 6 aromatic rings. The van der Waals surface area contributed by atoms with Gasteiger partial charge in [0.05, 0.1) is 22.4 Å². The van der Waals surface area contributed by atoms with Crippen molar-refractivity contribution in [3.63, 3.8) is 0 Å². The first-order valence-corrected chi connectivity index (χ1v) is 14.1. The average molecular weight is 530 g/mol. The molecule has 1 aliphatic carbocycles. The molecule has 0 spiro atoms. The molecule has 1 aliphatic rings. The number of fused-ring (bicyclic) bond motifs is 6. The molecule has 0 unspecified atom stereocenters. The first-order valence-electron chi connectivity index (χ1n) is 14.1. The lowest BCUT2D eigenvalue weighted by molar-refractivity contribution is 0.661. The van der Waals surface area contributed by atoms with Crippen LogP contribution in [-0.4, -0.2) is 14.5 Å². The molecular weight excluding hydrogens is 498 g/mol. The van der Waals surface area contributed by atoms with Crippen LogP contribution in [0, 0.1) is 0 Å². The molecule has 0 fully saturated rings. The molecule has 2 aromatic heterocycles. The van der Waals surface area contributed by atoms with Crippen molar-refractivity contribution in [1.82, 2.24) is 14.5 Å². The summed E-state index contributed by atoms with van der Waals surface area (Å²) in [5.74, 6) is 0.668. The molecule has 0 saturated heterocycles. The monoisotopic (exact) mass is 529 g/mol. The third-order valence-corrected chi connectivity index (χ3v) is 8.36. The second-order valence-corrected chi connectivity index (χ2v) is 11.2. The van der Waals surface area contributed by atoms with Crippen LogP contribution in [0.3, 0.4) is 0 Å². The van der Waals surface area contributed by atoms with Crippen molar-refractivity contribution in [3.8, 4) is 28.3 Å². The summed E-state index contributed by atoms with van der Waals surface area (Å²) in [7, 11) is 0. The van der Waals surface area contributed by atoms with Gasteiger partial charge in [0.25, 0.3) is 0 Å². The Morgan fingerprint density at radius 1 is 0.732 bits per heavy atom. The lowest BCUT2D eigenvalue weighted by Crippen LogP contribution is -2.15. The molecule has 0 amide bonds. The topological polar surface area (TPSA) is 30.7 Å². The molecule has 7 rings (SSSR count). The van der Waals surface area contributed by atoms with E-state index in [9.17, 15) is 0 Å². The number of para-hydroxylation sites is 1. The number of nitrogens with zero attached hydrogens (tertiary/aromatic N) is 3. The minimum Gasteiger partial charge on any atom is -0.278 e. The van der Waals surface area contributed by atoms with Gasteiger partial charge < -0.3 is 0 Å². The molecule has 0 atom stereocenters. The van der Waals surface area contributed by atoms with Gasteiger partial charge in [0.15, 0.2) is 0 Å². The summed E-state index contributed by atoms with van der Waals surface area (Å²) in [6.45, 7) is 10.5. The number of allylic oxidation sites excluding steroid dienone is 5. The van der Waals surface area contributed by atoms with Crippen molar-refractivity contribution in [2.24, 2.45) is 0 Å². The molecule has 2 heterocycles. The number of rotatable bonds is 5. The lowest BCUT2D eigenvalue weighted by Gasteiger charge is -2.21. The summed E-state index contributed by atoms with van der Waals surface area (Å²) < 4.78 is 2.24. The van der Waals surface area contributed by atoms with Crippen LogP contribution in [0.25, 0.3) is 55.7 Å². The van der Waals surface area contributed by atoms with Gasteiger partial charge in [-0.15, -0.1) is 0 Å². The largest absolute Gasteiger partial charge is 0.278 e. The van der Waals surface area contributed by atoms with E-state index in [4.69, 9.17) is 9.97 Å². The predicted molar refractivity (Wildman–Crippen MR) is 172 cm³/mol. The maximum absolute atomic E-state index is 5.19. The maximum Gasteiger partial charge on any atom is 0.235 e. The molecule has 0 aliphatic heterocycles. The summed E-state index contributed by atoms with van der Waals surface area (Å²) in [6.07, 6.45) is 7.77. The molecule has 3 heteroatoms. The van der Waals surface area contributed by atoms with Gasteiger partial charge >= 0.3 is 0 Å². The highest BCUT2D eigenvalue weighted by Crippen LogP contribution is 2.50. The van der Waals surface area contributed by atoms with E-state index < -0.39 is 0 Å². The van der Waals surface area contributed by atoms with Gasteiger partial charge in [-0.3, -0.25) is 4.57 Å². The maximum atomic E-state index is 5.19. The zero-order valence-electron chi connectivity index (χ0n) is 23.6. The Morgan fingerprint density at radius 2 is 1.49 bits per heavy atom. The predicted octanol–water partition coefficient (Wildman–Crippen LogP) is 9.69. The van der Waals surface area contributed by atoms with Crippen molar-refractivity contribution in [2.45, 2.75) is 26.2 Å². The van der Waals surface area contributed by atoms with Crippen molar-refractivity contribution in [3.05, 3.63) is 145 Å². The fourth-order valence-corrected chi connectivity index (χ4v) is 6.24. The highest BCUT2D eigenvalue weighted by Gasteiger charge is 2.36. The van der Waals surface area contributed by atoms with Gasteiger partial charge in [-0.1, -0.05) is 118 Å². The summed E-state index contributed by atoms with van der Waals surface area (Å²) in [5.41, 5.74) is 11.4. The average Bonchev–Trinajstić information content (AvgIpc) is 3.45. The van der Waals surface area contributed by atoms with Gasteiger partial charge in [-0.05, 0) is 59.0 Å². The standard InChI is InChI=1S/C38H31N3/c1-5-6-8-15-25(2)33-24-34(26-16-9-7-10-17-26)40-37(39-33)41-35-21-14-12-19-28(35)30-22-29-27-18-11-13-20-31(27)38(3,4)32(29)23-36(30)41/h5-24H,1H2,2-4H3/b8-6-,25-15+. The Labute approximate surface area is 240 Å². The van der Waals surface area contributed by atoms with Crippen LogP contribution in [-0.2, 0) is 5.41 Å². The van der Waals surface area contributed by atoms with Crippen molar-refractivity contribution < 1.29 is 0 Å². The summed E-state index contributed by atoms with van der Waals surface area (Å²) in [4.78, 5) is 10.4. The van der Waals surface area contributed by atoms with Gasteiger partial charge in [0.2, 0.25) is 5.95 Å². The smallest absolute Gasteiger partial charge is 0.235 e. The summed E-state index contributed by atoms with van der Waals surface area (Å²) in [5, 5.41) is 2.41. The van der Waals surface area contributed by atoms with E-state index in [2.05, 4.69) is 129 Å². The van der Waals surface area contributed by atoms with Gasteiger partial charge in [0, 0.05) is 21.8 Å². The van der Waals surface area contributed by atoms with Crippen LogP contribution in [0.5, 0.6) is 0 Å². The zero-order valence-corrected chi connectivity index (χ0v) is 23.6. The Balaban J connectivity index is 1.54. The Morgan fingerprint density at radius 3 is 2.32 bits per heavy atom. The first-order chi connectivity index (χ1) is 20.0. The molecule has 198 valence electrons. The zero-order chi connectivity index (χ0) is 28.1. The number of hydrogen-bond donors (Lipinski definition) is 0. The van der Waals surface area contributed by atoms with E-state index >= 15 is 0 Å². The van der Waals surface area contributed by atoms with E-state index in [1.165, 1.54) is 33.0 Å². The van der Waals surface area contributed by atoms with E-state index in [0.717, 1.165) is 33.6 Å². The molecule has 0 saturated carbocycles. The summed E-state index contributed by atoms with van der Waals surface area (Å²) in [6, 6.07) is 34.6. The molecule has 4 aromatic carbocycles. The van der Waals surface area contributed by atoms with Gasteiger partial charge in [-0.25, -0.2) is 9.97 Å². The molecule has 0 radical (unpaired) electrons. The van der Waals surface area contributed by atoms with Gasteiger partial charge in [0.1, 0.15) is 0 Å². The van der Waals surface area contributed by atoms with E-state index in [-0.39, 0.29) is 5.41 Å². The van der Waals surface area contributed by atoms with E-state index in [1.807, 2.05) is 18.2 Å². The Hall–Kier alpha value is -5.02. The molecule has 3 nitrogen and oxygen atoms in total. The second-order valence-electron chi connectivity index (χ2n) is 11.2. The quantitative estimate of drug-likeness (QED) is 0.208. The minimum absolute atomic E-state index is 0.101. The Kier molecular flexibility index (Phi) is 5.83. The summed E-state index contributed by atoms with van der Waals surface area (Å²) >= 11 is 0. The van der Waals surface area contributed by atoms with Crippen molar-refractivity contribution in [2.75, 3.05) is 0 Å². The molecule has 0 bridgehead atoms. The fraction of sp³-hybridized carbons (Fsp3) is 0.105. The van der Waals surface area contributed by atoms with Crippen LogP contribution < -0.4 is 0 Å². The van der Waals surface area contributed by atoms with E-state index in [1.54, 1.807) is 6.08 Å². The molecular formula is C38H31N3. The third-order valence-electron chi connectivity index (χ3n) is 8.36. The van der Waals surface area contributed by atoms with Crippen LogP contribution in [0.4, 0.5) is 0 Å². The van der Waals surface area contributed by atoms with E-state index in [0.29, 0.717) is 5.95 Å². The fourth-order valence-electron chi connectivity index (χ4n) is 6.24. The number of hydrogen-bond acceptors (Lipinski definition) is 2. The van der Waals surface area contributed by atoms with Crippen molar-refractivity contribution >= 4 is 27.4 Å². The van der Waals surface area contributed by atoms with Crippen LogP contribution in [0.15, 0.2) is 128 Å². The first kappa shape index (κ1) is 25.0. The highest BCUT2D eigenvalue weighted by molar-refractivity contribution is 6.11. The van der Waals surface area contributed by atoms with Crippen LogP contribution in [0.1, 0.15) is 37.6 Å². The van der Waals surface area contributed by atoms with Gasteiger partial charge in [-0.2, -0.15) is 0 Å². The normalized spacial score (nSPS) is 14.1.